The van der Waals surface area contributed by atoms with E-state index in [0.717, 1.165) is 25.2 Å². The zero-order chi connectivity index (χ0) is 19.7. The quantitative estimate of drug-likeness (QED) is 0.732. The molecule has 2 aromatic rings. The third kappa shape index (κ3) is 4.37. The van der Waals surface area contributed by atoms with Crippen molar-refractivity contribution in [2.45, 2.75) is 44.5 Å². The van der Waals surface area contributed by atoms with Crippen molar-refractivity contribution < 1.29 is 14.2 Å². The SMILES string of the molecule is C[C@@H]1CN(CC2COC(Cn3ccnc3)(c3ccc(Cl)cc3Cl)O2)C[C@H](C)O1. The van der Waals surface area contributed by atoms with E-state index in [0.29, 0.717) is 23.2 Å². The highest BCUT2D eigenvalue weighted by molar-refractivity contribution is 6.35. The summed E-state index contributed by atoms with van der Waals surface area (Å²) in [6.07, 6.45) is 5.74. The van der Waals surface area contributed by atoms with Crippen molar-refractivity contribution in [3.63, 3.8) is 0 Å². The molecule has 0 N–H and O–H groups in total. The zero-order valence-electron chi connectivity index (χ0n) is 16.1. The van der Waals surface area contributed by atoms with Crippen molar-refractivity contribution in [2.24, 2.45) is 0 Å². The smallest absolute Gasteiger partial charge is 0.215 e. The second-order valence-corrected chi connectivity index (χ2v) is 8.48. The minimum Gasteiger partial charge on any atom is -0.373 e. The third-order valence-electron chi connectivity index (χ3n) is 5.11. The van der Waals surface area contributed by atoms with Crippen LogP contribution in [0.1, 0.15) is 19.4 Å². The predicted octanol–water partition coefficient (Wildman–Crippen LogP) is 3.57. The number of aromatic nitrogens is 2. The van der Waals surface area contributed by atoms with Crippen LogP contribution in [-0.4, -0.2) is 59.0 Å². The number of morpholine rings is 1. The van der Waals surface area contributed by atoms with Gasteiger partial charge in [0.15, 0.2) is 0 Å². The molecule has 2 aliphatic heterocycles. The van der Waals surface area contributed by atoms with Gasteiger partial charge in [-0.1, -0.05) is 29.3 Å². The number of hydrogen-bond acceptors (Lipinski definition) is 5. The van der Waals surface area contributed by atoms with Gasteiger partial charge in [0.25, 0.3) is 0 Å². The first kappa shape index (κ1) is 20.1. The molecule has 0 spiro atoms. The van der Waals surface area contributed by atoms with Crippen LogP contribution in [-0.2, 0) is 26.5 Å². The second kappa shape index (κ2) is 8.30. The summed E-state index contributed by atoms with van der Waals surface area (Å²) in [6, 6.07) is 5.41. The summed E-state index contributed by atoms with van der Waals surface area (Å²) < 4.78 is 20.6. The van der Waals surface area contributed by atoms with Crippen molar-refractivity contribution >= 4 is 23.2 Å². The van der Waals surface area contributed by atoms with Gasteiger partial charge in [-0.3, -0.25) is 4.90 Å². The first-order chi connectivity index (χ1) is 13.4. The van der Waals surface area contributed by atoms with Crippen molar-refractivity contribution in [3.05, 3.63) is 52.5 Å². The highest BCUT2D eigenvalue weighted by atomic mass is 35.5. The molecule has 4 atom stereocenters. The summed E-state index contributed by atoms with van der Waals surface area (Å²) in [5.74, 6) is -0.976. The lowest BCUT2D eigenvalue weighted by molar-refractivity contribution is -0.190. The zero-order valence-corrected chi connectivity index (χ0v) is 17.6. The Balaban J connectivity index is 1.55. The van der Waals surface area contributed by atoms with Crippen LogP contribution in [0.15, 0.2) is 36.9 Å². The minimum atomic E-state index is -0.976. The van der Waals surface area contributed by atoms with Crippen molar-refractivity contribution in [1.82, 2.24) is 14.5 Å². The Morgan fingerprint density at radius 2 is 2.00 bits per heavy atom. The van der Waals surface area contributed by atoms with Crippen LogP contribution < -0.4 is 0 Å². The maximum absolute atomic E-state index is 6.52. The molecule has 2 aliphatic rings. The molecule has 0 amide bonds. The second-order valence-electron chi connectivity index (χ2n) is 7.64. The van der Waals surface area contributed by atoms with Crippen LogP contribution in [0.2, 0.25) is 10.0 Å². The fourth-order valence-corrected chi connectivity index (χ4v) is 4.66. The van der Waals surface area contributed by atoms with Crippen molar-refractivity contribution in [3.8, 4) is 0 Å². The first-order valence-electron chi connectivity index (χ1n) is 9.54. The maximum Gasteiger partial charge on any atom is 0.215 e. The Labute approximate surface area is 175 Å². The Bertz CT molecular complexity index is 794. The first-order valence-corrected chi connectivity index (χ1v) is 10.3. The van der Waals surface area contributed by atoms with Gasteiger partial charge in [0.2, 0.25) is 5.79 Å². The molecule has 0 aliphatic carbocycles. The average molecular weight is 426 g/mol. The van der Waals surface area contributed by atoms with E-state index in [1.54, 1.807) is 18.6 Å². The van der Waals surface area contributed by atoms with E-state index >= 15 is 0 Å². The lowest BCUT2D eigenvalue weighted by atomic mass is 10.1. The molecule has 0 saturated carbocycles. The predicted molar refractivity (Wildman–Crippen MR) is 108 cm³/mol. The van der Waals surface area contributed by atoms with Crippen molar-refractivity contribution in [1.29, 1.82) is 0 Å². The molecule has 152 valence electrons. The number of halogens is 2. The highest BCUT2D eigenvalue weighted by Gasteiger charge is 2.45. The Hall–Kier alpha value is -1.15. The van der Waals surface area contributed by atoms with Crippen LogP contribution >= 0.6 is 23.2 Å². The number of imidazole rings is 1. The van der Waals surface area contributed by atoms with Gasteiger partial charge in [-0.05, 0) is 26.0 Å². The summed E-state index contributed by atoms with van der Waals surface area (Å²) in [4.78, 5) is 6.51. The van der Waals surface area contributed by atoms with Gasteiger partial charge in [-0.15, -0.1) is 0 Å². The van der Waals surface area contributed by atoms with Gasteiger partial charge in [-0.2, -0.15) is 0 Å². The number of benzene rings is 1. The number of nitrogens with zero attached hydrogens (tertiary/aromatic N) is 3. The van der Waals surface area contributed by atoms with Gasteiger partial charge in [0.1, 0.15) is 0 Å². The molecule has 0 bridgehead atoms. The van der Waals surface area contributed by atoms with E-state index in [4.69, 9.17) is 37.4 Å². The molecule has 2 saturated heterocycles. The number of ether oxygens (including phenoxy) is 3. The van der Waals surface area contributed by atoms with E-state index in [-0.39, 0.29) is 18.3 Å². The summed E-state index contributed by atoms with van der Waals surface area (Å²) >= 11 is 12.6. The van der Waals surface area contributed by atoms with E-state index in [2.05, 4.69) is 23.7 Å². The third-order valence-corrected chi connectivity index (χ3v) is 5.66. The molecule has 4 rings (SSSR count). The maximum atomic E-state index is 6.52. The number of rotatable bonds is 5. The molecular formula is C20H25Cl2N3O3. The molecule has 0 radical (unpaired) electrons. The van der Waals surface area contributed by atoms with Crippen LogP contribution in [0.3, 0.4) is 0 Å². The van der Waals surface area contributed by atoms with Crippen LogP contribution in [0.4, 0.5) is 0 Å². The topological polar surface area (TPSA) is 48.8 Å². The molecular weight excluding hydrogens is 401 g/mol. The molecule has 2 unspecified atom stereocenters. The van der Waals surface area contributed by atoms with Crippen LogP contribution in [0.25, 0.3) is 0 Å². The summed E-state index contributed by atoms with van der Waals surface area (Å²) in [5, 5.41) is 1.11. The molecule has 1 aromatic carbocycles. The van der Waals surface area contributed by atoms with Crippen LogP contribution in [0, 0.1) is 0 Å². The van der Waals surface area contributed by atoms with Gasteiger partial charge in [0.05, 0.1) is 42.8 Å². The number of hydrogen-bond donors (Lipinski definition) is 0. The average Bonchev–Trinajstić information content (AvgIpc) is 3.25. The van der Waals surface area contributed by atoms with Gasteiger partial charge < -0.3 is 18.8 Å². The normalized spacial score (nSPS) is 31.4. The van der Waals surface area contributed by atoms with E-state index in [1.165, 1.54) is 0 Å². The Morgan fingerprint density at radius 1 is 1.21 bits per heavy atom. The summed E-state index contributed by atoms with van der Waals surface area (Å²) in [6.45, 7) is 7.72. The standard InChI is InChI=1S/C20H25Cl2N3O3/c1-14-8-25(9-15(2)27-14)10-17-11-26-20(28-17,12-24-6-5-23-13-24)18-4-3-16(21)7-19(18)22/h3-7,13-15,17H,8-12H2,1-2H3/t14-,15+,17?,20?. The fraction of sp³-hybridized carbons (Fsp3) is 0.550. The Morgan fingerprint density at radius 3 is 2.68 bits per heavy atom. The van der Waals surface area contributed by atoms with Gasteiger partial charge >= 0.3 is 0 Å². The van der Waals surface area contributed by atoms with Gasteiger partial charge in [-0.25, -0.2) is 4.98 Å². The lowest BCUT2D eigenvalue weighted by Gasteiger charge is -2.36. The Kier molecular flexibility index (Phi) is 5.97. The minimum absolute atomic E-state index is 0.0623. The molecule has 28 heavy (non-hydrogen) atoms. The highest BCUT2D eigenvalue weighted by Crippen LogP contribution is 2.40. The van der Waals surface area contributed by atoms with Crippen molar-refractivity contribution in [2.75, 3.05) is 26.2 Å². The molecule has 2 fully saturated rings. The van der Waals surface area contributed by atoms with E-state index in [9.17, 15) is 0 Å². The van der Waals surface area contributed by atoms with E-state index < -0.39 is 5.79 Å². The summed E-state index contributed by atoms with van der Waals surface area (Å²) in [7, 11) is 0. The van der Waals surface area contributed by atoms with Crippen LogP contribution in [0.5, 0.6) is 0 Å². The lowest BCUT2D eigenvalue weighted by Crippen LogP contribution is -2.48. The van der Waals surface area contributed by atoms with Gasteiger partial charge in [0, 0.05) is 42.6 Å². The molecule has 3 heterocycles. The molecule has 1 aromatic heterocycles. The monoisotopic (exact) mass is 425 g/mol. The van der Waals surface area contributed by atoms with E-state index in [1.807, 2.05) is 22.9 Å². The largest absolute Gasteiger partial charge is 0.373 e. The molecule has 8 heteroatoms. The molecule has 6 nitrogen and oxygen atoms in total. The fourth-order valence-electron chi connectivity index (χ4n) is 4.10. The summed E-state index contributed by atoms with van der Waals surface area (Å²) in [5.41, 5.74) is 0.776.